The Morgan fingerprint density at radius 2 is 1.16 bits per heavy atom. The fraction of sp³-hybridized carbons (Fsp3) is 0.351. The Hall–Kier alpha value is -5.82. The summed E-state index contributed by atoms with van der Waals surface area (Å²) in [4.78, 5) is 39.1. The van der Waals surface area contributed by atoms with E-state index in [0.29, 0.717) is 54.9 Å². The summed E-state index contributed by atoms with van der Waals surface area (Å²) in [5.74, 6) is -6.64. The van der Waals surface area contributed by atoms with E-state index in [1.807, 2.05) is 0 Å². The number of carbonyl (C=O) groups is 2. The number of Topliss-reactive ketones (excluding diaryl/α,β-unsaturated/α-hetero) is 1. The summed E-state index contributed by atoms with van der Waals surface area (Å²) < 4.78 is 134. The highest BCUT2D eigenvalue weighted by molar-refractivity contribution is 5.99. The molecule has 1 amide bonds. The monoisotopic (exact) mass is 809 g/mol. The van der Waals surface area contributed by atoms with Gasteiger partial charge in [-0.25, -0.2) is 37.5 Å². The fourth-order valence-corrected chi connectivity index (χ4v) is 6.70. The van der Waals surface area contributed by atoms with E-state index in [4.69, 9.17) is 0 Å². The van der Waals surface area contributed by atoms with E-state index < -0.39 is 70.6 Å². The van der Waals surface area contributed by atoms with Crippen LogP contribution in [0.4, 0.5) is 43.9 Å². The van der Waals surface area contributed by atoms with Crippen molar-refractivity contribution < 1.29 is 57.9 Å². The summed E-state index contributed by atoms with van der Waals surface area (Å²) in [5, 5.41) is 7.79. The number of alkyl halides is 6. The van der Waals surface area contributed by atoms with Gasteiger partial charge in [0.1, 0.15) is 34.9 Å². The number of benzene rings is 2. The summed E-state index contributed by atoms with van der Waals surface area (Å²) in [6.45, 7) is -0.841. The topological polar surface area (TPSA) is 137 Å². The zero-order valence-electron chi connectivity index (χ0n) is 29.3. The van der Waals surface area contributed by atoms with Gasteiger partial charge < -0.3 is 9.73 Å². The van der Waals surface area contributed by atoms with Crippen molar-refractivity contribution >= 4 is 11.7 Å². The standard InChI is InChI=1S/C19H16F5N3O2.C18H13F5N4O/c20-12-2-3-13(14(21)6-12)18(4-1-5-18)7-16-25-8-11(9-26-16)15(28)10-27-17(29)19(22,23)24;19-11-2-3-12(13(20)6-11)17(4-1-5-17)7-14-24-8-10(9-25-14)15-26-27-16(28-15)18(21,22)23/h2-3,6,8-9H,1,4-5,7,10H2,(H,27,29);2-3,6,8-9H,1,4-5,7H2. The first-order valence-corrected chi connectivity index (χ1v) is 17.2. The molecule has 300 valence electrons. The molecule has 20 heteroatoms. The molecule has 3 heterocycles. The Kier molecular flexibility index (Phi) is 11.4. The molecule has 1 N–H and O–H groups in total. The van der Waals surface area contributed by atoms with Gasteiger partial charge in [0.2, 0.25) is 0 Å². The van der Waals surface area contributed by atoms with E-state index in [1.54, 1.807) is 0 Å². The molecule has 2 saturated carbocycles. The lowest BCUT2D eigenvalue weighted by Crippen LogP contribution is -2.39. The number of hydrogen-bond acceptors (Lipinski definition) is 9. The van der Waals surface area contributed by atoms with E-state index in [-0.39, 0.29) is 23.4 Å². The third-order valence-electron chi connectivity index (χ3n) is 9.93. The molecular formula is C37H29F10N7O3. The zero-order chi connectivity index (χ0) is 41.2. The summed E-state index contributed by atoms with van der Waals surface area (Å²) in [6, 6.07) is 6.94. The van der Waals surface area contributed by atoms with Crippen molar-refractivity contribution in [2.75, 3.05) is 6.54 Å². The van der Waals surface area contributed by atoms with E-state index in [2.05, 4.69) is 34.6 Å². The molecule has 0 bridgehead atoms. The van der Waals surface area contributed by atoms with E-state index in [9.17, 15) is 53.5 Å². The first-order chi connectivity index (χ1) is 26.9. The second-order valence-corrected chi connectivity index (χ2v) is 13.7. The van der Waals surface area contributed by atoms with Gasteiger partial charge in [-0.05, 0) is 48.9 Å². The van der Waals surface area contributed by atoms with Gasteiger partial charge in [0.05, 0.1) is 17.7 Å². The molecule has 10 nitrogen and oxygen atoms in total. The second kappa shape index (κ2) is 16.0. The van der Waals surface area contributed by atoms with Crippen molar-refractivity contribution in [3.05, 3.63) is 119 Å². The molecular weight excluding hydrogens is 780 g/mol. The van der Waals surface area contributed by atoms with E-state index in [0.717, 1.165) is 37.4 Å². The van der Waals surface area contributed by atoms with Crippen LogP contribution in [0.1, 0.15) is 77.5 Å². The Labute approximate surface area is 316 Å². The predicted octanol–water partition coefficient (Wildman–Crippen LogP) is 7.77. The number of halogens is 10. The van der Waals surface area contributed by atoms with Crippen LogP contribution in [0.25, 0.3) is 11.5 Å². The fourth-order valence-electron chi connectivity index (χ4n) is 6.70. The van der Waals surface area contributed by atoms with Gasteiger partial charge in [-0.15, -0.1) is 10.2 Å². The molecule has 0 atom stereocenters. The number of nitrogens with one attached hydrogen (secondary N) is 1. The molecule has 7 rings (SSSR count). The number of carbonyl (C=O) groups excluding carboxylic acids is 2. The van der Waals surface area contributed by atoms with E-state index >= 15 is 0 Å². The second-order valence-electron chi connectivity index (χ2n) is 13.7. The molecule has 57 heavy (non-hydrogen) atoms. The molecule has 0 saturated heterocycles. The highest BCUT2D eigenvalue weighted by Crippen LogP contribution is 2.48. The first kappa shape index (κ1) is 40.8. The van der Waals surface area contributed by atoms with Crippen LogP contribution in [0.2, 0.25) is 0 Å². The van der Waals surface area contributed by atoms with Crippen LogP contribution >= 0.6 is 0 Å². The maximum absolute atomic E-state index is 14.3. The van der Waals surface area contributed by atoms with Crippen molar-refractivity contribution in [2.45, 2.75) is 74.5 Å². The van der Waals surface area contributed by atoms with Crippen molar-refractivity contribution in [1.82, 2.24) is 35.5 Å². The molecule has 5 aromatic rings. The average Bonchev–Trinajstić information content (AvgIpc) is 3.63. The third kappa shape index (κ3) is 9.26. The van der Waals surface area contributed by atoms with Crippen molar-refractivity contribution in [2.24, 2.45) is 0 Å². The molecule has 0 spiro atoms. The molecule has 2 aliphatic rings. The summed E-state index contributed by atoms with van der Waals surface area (Å²) in [5.41, 5.74) is -0.213. The summed E-state index contributed by atoms with van der Waals surface area (Å²) in [7, 11) is 0. The lowest BCUT2D eigenvalue weighted by atomic mass is 9.62. The maximum atomic E-state index is 14.3. The zero-order valence-corrected chi connectivity index (χ0v) is 29.3. The summed E-state index contributed by atoms with van der Waals surface area (Å²) in [6.07, 6.45) is 0.175. The van der Waals surface area contributed by atoms with Gasteiger partial charge in [0.25, 0.3) is 5.89 Å². The molecule has 0 radical (unpaired) electrons. The molecule has 2 fully saturated rings. The van der Waals surface area contributed by atoms with Crippen LogP contribution in [-0.2, 0) is 34.6 Å². The van der Waals surface area contributed by atoms with Crippen LogP contribution in [-0.4, -0.2) is 54.5 Å². The minimum Gasteiger partial charge on any atom is -0.413 e. The quantitative estimate of drug-likeness (QED) is 0.111. The lowest BCUT2D eigenvalue weighted by Gasteiger charge is -2.42. The van der Waals surface area contributed by atoms with Gasteiger partial charge in [-0.2, -0.15) is 26.3 Å². The normalized spacial score (nSPS) is 15.8. The summed E-state index contributed by atoms with van der Waals surface area (Å²) >= 11 is 0. The van der Waals surface area contributed by atoms with Crippen molar-refractivity contribution in [3.63, 3.8) is 0 Å². The predicted molar refractivity (Wildman–Crippen MR) is 177 cm³/mol. The van der Waals surface area contributed by atoms with Crippen LogP contribution in [0.3, 0.4) is 0 Å². The van der Waals surface area contributed by atoms with Crippen LogP contribution in [0.5, 0.6) is 0 Å². The van der Waals surface area contributed by atoms with Gasteiger partial charge in [-0.3, -0.25) is 9.59 Å². The van der Waals surface area contributed by atoms with Crippen LogP contribution in [0, 0.1) is 23.3 Å². The SMILES string of the molecule is Fc1ccc(C2(Cc3ncc(-c4nnc(C(F)(F)F)o4)cn3)CCC2)c(F)c1.O=C(CNC(=O)C(F)(F)F)c1cnc(CC2(c3ccc(F)cc3F)CCC2)nc1. The Bertz CT molecular complexity index is 2240. The molecule has 2 aliphatic carbocycles. The molecule has 0 aliphatic heterocycles. The Morgan fingerprint density at radius 3 is 1.54 bits per heavy atom. The average molecular weight is 810 g/mol. The van der Waals surface area contributed by atoms with Crippen LogP contribution in [0.15, 0.2) is 65.6 Å². The maximum Gasteiger partial charge on any atom is 0.471 e. The highest BCUT2D eigenvalue weighted by Gasteiger charge is 2.43. The number of aromatic nitrogens is 6. The smallest absolute Gasteiger partial charge is 0.413 e. The molecule has 3 aromatic heterocycles. The molecule has 2 aromatic carbocycles. The van der Waals surface area contributed by atoms with E-state index in [1.165, 1.54) is 42.0 Å². The van der Waals surface area contributed by atoms with Crippen LogP contribution < -0.4 is 5.32 Å². The first-order valence-electron chi connectivity index (χ1n) is 17.2. The Morgan fingerprint density at radius 1 is 0.684 bits per heavy atom. The Balaban J connectivity index is 0.000000193. The molecule has 0 unspecified atom stereocenters. The van der Waals surface area contributed by atoms with Crippen molar-refractivity contribution in [1.29, 1.82) is 0 Å². The minimum atomic E-state index is -5.08. The van der Waals surface area contributed by atoms with Crippen molar-refractivity contribution in [3.8, 4) is 11.5 Å². The highest BCUT2D eigenvalue weighted by atomic mass is 19.4. The number of ketones is 1. The van der Waals surface area contributed by atoms with Gasteiger partial charge in [0.15, 0.2) is 5.78 Å². The number of nitrogens with zero attached hydrogens (tertiary/aromatic N) is 6. The number of hydrogen-bond donors (Lipinski definition) is 1. The third-order valence-corrected chi connectivity index (χ3v) is 9.93. The number of rotatable bonds is 10. The van der Waals surface area contributed by atoms with Gasteiger partial charge in [0, 0.05) is 60.6 Å². The minimum absolute atomic E-state index is 0.0631. The lowest BCUT2D eigenvalue weighted by molar-refractivity contribution is -0.173. The largest absolute Gasteiger partial charge is 0.471 e. The van der Waals surface area contributed by atoms with Gasteiger partial charge >= 0.3 is 24.2 Å². The number of amides is 1. The van der Waals surface area contributed by atoms with Gasteiger partial charge in [-0.1, -0.05) is 25.0 Å².